The maximum absolute atomic E-state index is 11.7. The maximum atomic E-state index is 11.7. The number of hydrogen-bond acceptors (Lipinski definition) is 1. The molecule has 1 unspecified atom stereocenters. The second-order valence-electron chi connectivity index (χ2n) is 3.38. The Morgan fingerprint density at radius 2 is 1.77 bits per heavy atom. The first-order chi connectivity index (χ1) is 6.13. The summed E-state index contributed by atoms with van der Waals surface area (Å²) in [6.45, 7) is 4.06. The molecule has 2 heteroatoms. The molecule has 0 aliphatic rings. The van der Waals surface area contributed by atoms with E-state index in [1.54, 1.807) is 0 Å². The van der Waals surface area contributed by atoms with Crippen LogP contribution in [-0.4, -0.2) is 10.6 Å². The third-order valence-corrected chi connectivity index (χ3v) is 3.37. The molecule has 1 rings (SSSR count). The van der Waals surface area contributed by atoms with Gasteiger partial charge in [-0.2, -0.15) is 0 Å². The van der Waals surface area contributed by atoms with Crippen LogP contribution >= 0.6 is 15.9 Å². The molecular weight excluding hydrogens is 228 g/mol. The third kappa shape index (κ3) is 2.66. The molecule has 0 aromatic heterocycles. The van der Waals surface area contributed by atoms with E-state index in [2.05, 4.69) is 15.9 Å². The van der Waals surface area contributed by atoms with Crippen LogP contribution in [0.1, 0.15) is 24.2 Å². The minimum atomic E-state index is -0.0742. The molecule has 1 aromatic carbocycles. The second-order valence-corrected chi connectivity index (χ2v) is 4.36. The highest BCUT2D eigenvalue weighted by Gasteiger charge is 2.19. The van der Waals surface area contributed by atoms with Gasteiger partial charge in [0.25, 0.3) is 0 Å². The zero-order valence-electron chi connectivity index (χ0n) is 7.83. The summed E-state index contributed by atoms with van der Waals surface area (Å²) in [5, 5.41) is 0. The SMILES string of the molecule is CC(C)C(Br)C(=O)c1ccccc1. The molecule has 0 bridgehead atoms. The van der Waals surface area contributed by atoms with Crippen molar-refractivity contribution < 1.29 is 4.79 Å². The third-order valence-electron chi connectivity index (χ3n) is 1.89. The van der Waals surface area contributed by atoms with Crippen LogP contribution in [0, 0.1) is 5.92 Å². The van der Waals surface area contributed by atoms with Crippen LogP contribution in [0.4, 0.5) is 0 Å². The number of hydrogen-bond donors (Lipinski definition) is 0. The topological polar surface area (TPSA) is 17.1 Å². The van der Waals surface area contributed by atoms with Gasteiger partial charge in [-0.25, -0.2) is 0 Å². The number of carbonyl (C=O) groups excluding carboxylic acids is 1. The molecule has 0 radical (unpaired) electrons. The average Bonchev–Trinajstić information content (AvgIpc) is 2.17. The highest BCUT2D eigenvalue weighted by Crippen LogP contribution is 2.17. The van der Waals surface area contributed by atoms with Crippen LogP contribution in [0.2, 0.25) is 0 Å². The summed E-state index contributed by atoms with van der Waals surface area (Å²) in [6.07, 6.45) is 0. The summed E-state index contributed by atoms with van der Waals surface area (Å²) in [4.78, 5) is 11.7. The summed E-state index contributed by atoms with van der Waals surface area (Å²) in [5.41, 5.74) is 0.776. The highest BCUT2D eigenvalue weighted by molar-refractivity contribution is 9.10. The quantitative estimate of drug-likeness (QED) is 0.586. The Hall–Kier alpha value is -0.630. The number of Topliss-reactive ketones (excluding diaryl/α,β-unsaturated/α-hetero) is 1. The van der Waals surface area contributed by atoms with E-state index >= 15 is 0 Å². The zero-order valence-corrected chi connectivity index (χ0v) is 9.41. The van der Waals surface area contributed by atoms with Crippen molar-refractivity contribution in [3.63, 3.8) is 0 Å². The first kappa shape index (κ1) is 10.5. The fourth-order valence-corrected chi connectivity index (χ4v) is 1.33. The van der Waals surface area contributed by atoms with Crippen molar-refractivity contribution in [2.75, 3.05) is 0 Å². The van der Waals surface area contributed by atoms with E-state index in [1.165, 1.54) is 0 Å². The van der Waals surface area contributed by atoms with Gasteiger partial charge in [-0.15, -0.1) is 0 Å². The van der Waals surface area contributed by atoms with Crippen LogP contribution < -0.4 is 0 Å². The van der Waals surface area contributed by atoms with Crippen LogP contribution in [0.5, 0.6) is 0 Å². The lowest BCUT2D eigenvalue weighted by atomic mass is 10.0. The monoisotopic (exact) mass is 240 g/mol. The van der Waals surface area contributed by atoms with E-state index < -0.39 is 0 Å². The lowest BCUT2D eigenvalue weighted by molar-refractivity contribution is 0.0978. The van der Waals surface area contributed by atoms with Crippen LogP contribution in [0.15, 0.2) is 30.3 Å². The van der Waals surface area contributed by atoms with E-state index in [-0.39, 0.29) is 10.6 Å². The lowest BCUT2D eigenvalue weighted by Crippen LogP contribution is -2.19. The molecular formula is C11H13BrO. The summed E-state index contributed by atoms with van der Waals surface area (Å²) in [5.74, 6) is 0.489. The molecule has 0 heterocycles. The number of carbonyl (C=O) groups is 1. The first-order valence-corrected chi connectivity index (χ1v) is 5.28. The Morgan fingerprint density at radius 1 is 1.23 bits per heavy atom. The first-order valence-electron chi connectivity index (χ1n) is 4.36. The van der Waals surface area contributed by atoms with Gasteiger partial charge in [-0.1, -0.05) is 60.1 Å². The fraction of sp³-hybridized carbons (Fsp3) is 0.364. The van der Waals surface area contributed by atoms with Gasteiger partial charge in [0.05, 0.1) is 4.83 Å². The molecule has 0 N–H and O–H groups in total. The summed E-state index contributed by atoms with van der Waals surface area (Å²) < 4.78 is 0. The van der Waals surface area contributed by atoms with E-state index in [1.807, 2.05) is 44.2 Å². The van der Waals surface area contributed by atoms with E-state index in [9.17, 15) is 4.79 Å². The van der Waals surface area contributed by atoms with Gasteiger partial charge in [0, 0.05) is 5.56 Å². The van der Waals surface area contributed by atoms with Crippen molar-refractivity contribution in [2.24, 2.45) is 5.92 Å². The zero-order chi connectivity index (χ0) is 9.84. The average molecular weight is 241 g/mol. The molecule has 70 valence electrons. The maximum Gasteiger partial charge on any atom is 0.176 e. The molecule has 1 nitrogen and oxygen atoms in total. The van der Waals surface area contributed by atoms with Crippen molar-refractivity contribution in [2.45, 2.75) is 18.7 Å². The summed E-state index contributed by atoms with van der Waals surface area (Å²) >= 11 is 3.39. The predicted molar refractivity (Wildman–Crippen MR) is 58.3 cm³/mol. The fourth-order valence-electron chi connectivity index (χ4n) is 1.06. The van der Waals surface area contributed by atoms with Gasteiger partial charge >= 0.3 is 0 Å². The number of benzene rings is 1. The molecule has 1 aromatic rings. The van der Waals surface area contributed by atoms with Crippen molar-refractivity contribution in [1.82, 2.24) is 0 Å². The smallest absolute Gasteiger partial charge is 0.176 e. The van der Waals surface area contributed by atoms with Gasteiger partial charge in [-0.05, 0) is 5.92 Å². The highest BCUT2D eigenvalue weighted by atomic mass is 79.9. The number of rotatable bonds is 3. The van der Waals surface area contributed by atoms with E-state index in [4.69, 9.17) is 0 Å². The Balaban J connectivity index is 2.80. The van der Waals surface area contributed by atoms with Crippen molar-refractivity contribution in [3.05, 3.63) is 35.9 Å². The predicted octanol–water partition coefficient (Wildman–Crippen LogP) is 3.29. The normalized spacial score (nSPS) is 12.9. The molecule has 0 amide bonds. The van der Waals surface area contributed by atoms with Gasteiger partial charge in [0.1, 0.15) is 0 Å². The van der Waals surface area contributed by atoms with Crippen LogP contribution in [0.25, 0.3) is 0 Å². The molecule has 0 aliphatic heterocycles. The summed E-state index contributed by atoms with van der Waals surface area (Å²) in [6, 6.07) is 9.37. The second kappa shape index (κ2) is 4.56. The molecule has 1 atom stereocenters. The van der Waals surface area contributed by atoms with Crippen LogP contribution in [-0.2, 0) is 0 Å². The van der Waals surface area contributed by atoms with Crippen molar-refractivity contribution in [3.8, 4) is 0 Å². The molecule has 0 fully saturated rings. The molecule has 0 saturated heterocycles. The molecule has 0 spiro atoms. The number of halogens is 1. The van der Waals surface area contributed by atoms with Gasteiger partial charge < -0.3 is 0 Å². The van der Waals surface area contributed by atoms with Crippen molar-refractivity contribution in [1.29, 1.82) is 0 Å². The Morgan fingerprint density at radius 3 is 2.23 bits per heavy atom. The Bertz CT molecular complexity index is 279. The molecule has 0 saturated carbocycles. The lowest BCUT2D eigenvalue weighted by Gasteiger charge is -2.11. The number of ketones is 1. The van der Waals surface area contributed by atoms with Crippen LogP contribution in [0.3, 0.4) is 0 Å². The minimum absolute atomic E-state index is 0.0742. The Labute approximate surface area is 87.3 Å². The van der Waals surface area contributed by atoms with Gasteiger partial charge in [0.15, 0.2) is 5.78 Å². The minimum Gasteiger partial charge on any atom is -0.293 e. The van der Waals surface area contributed by atoms with Gasteiger partial charge in [0.2, 0.25) is 0 Å². The van der Waals surface area contributed by atoms with E-state index in [0.29, 0.717) is 5.92 Å². The molecule has 0 aliphatic carbocycles. The molecule has 13 heavy (non-hydrogen) atoms. The largest absolute Gasteiger partial charge is 0.293 e. The standard InChI is InChI=1S/C11H13BrO/c1-8(2)10(12)11(13)9-6-4-3-5-7-9/h3-8,10H,1-2H3. The Kier molecular flexibility index (Phi) is 3.67. The van der Waals surface area contributed by atoms with Gasteiger partial charge in [-0.3, -0.25) is 4.79 Å². The number of alkyl halides is 1. The summed E-state index contributed by atoms with van der Waals surface area (Å²) in [7, 11) is 0. The van der Waals surface area contributed by atoms with E-state index in [0.717, 1.165) is 5.56 Å². The van der Waals surface area contributed by atoms with Crippen molar-refractivity contribution >= 4 is 21.7 Å².